The highest BCUT2D eigenvalue weighted by molar-refractivity contribution is 6.30. The molecule has 0 aliphatic carbocycles. The van der Waals surface area contributed by atoms with E-state index in [1.807, 2.05) is 0 Å². The monoisotopic (exact) mass is 189 g/mol. The molecular formula is C5H8ClN5O. The molecule has 1 aliphatic heterocycles. The Balaban J connectivity index is 2.94. The van der Waals surface area contributed by atoms with E-state index in [1.54, 1.807) is 0 Å². The summed E-state index contributed by atoms with van der Waals surface area (Å²) in [6, 6.07) is 0. The zero-order valence-electron chi connectivity index (χ0n) is 6.04. The van der Waals surface area contributed by atoms with Gasteiger partial charge in [0.15, 0.2) is 5.16 Å². The zero-order chi connectivity index (χ0) is 9.35. The van der Waals surface area contributed by atoms with Gasteiger partial charge in [-0.3, -0.25) is 10.5 Å². The van der Waals surface area contributed by atoms with Gasteiger partial charge < -0.3 is 16.8 Å². The molecule has 0 radical (unpaired) electrons. The number of carbonyl (C=O) groups excluding carboxylic acids is 1. The van der Waals surface area contributed by atoms with Crippen LogP contribution in [0.15, 0.2) is 16.0 Å². The molecule has 7 heteroatoms. The highest BCUT2D eigenvalue weighted by Gasteiger charge is 2.33. The third-order valence-corrected chi connectivity index (χ3v) is 1.65. The summed E-state index contributed by atoms with van der Waals surface area (Å²) in [4.78, 5) is 14.3. The van der Waals surface area contributed by atoms with Crippen molar-refractivity contribution in [2.24, 2.45) is 22.2 Å². The number of hydrogen-bond acceptors (Lipinski definition) is 5. The molecule has 0 aromatic heterocycles. The van der Waals surface area contributed by atoms with E-state index in [1.165, 1.54) is 0 Å². The van der Waals surface area contributed by atoms with E-state index in [9.17, 15) is 4.79 Å². The minimum Gasteiger partial charge on any atom is -0.383 e. The molecule has 1 heterocycles. The lowest BCUT2D eigenvalue weighted by molar-refractivity contribution is -0.121. The molecular weight excluding hydrogens is 182 g/mol. The van der Waals surface area contributed by atoms with Crippen LogP contribution in [0, 0.1) is 0 Å². The Labute approximate surface area is 73.4 Å². The first kappa shape index (κ1) is 8.82. The highest BCUT2D eigenvalue weighted by atomic mass is 35.5. The molecule has 0 aromatic carbocycles. The Hall–Kier alpha value is -1.27. The van der Waals surface area contributed by atoms with Crippen molar-refractivity contribution in [3.05, 3.63) is 11.0 Å². The van der Waals surface area contributed by atoms with E-state index in [4.69, 9.17) is 28.8 Å². The number of nitrogens with one attached hydrogen (secondary N) is 1. The van der Waals surface area contributed by atoms with Crippen LogP contribution in [-0.2, 0) is 4.79 Å². The minimum absolute atomic E-state index is 0.0282. The predicted molar refractivity (Wildman–Crippen MR) is 44.8 cm³/mol. The van der Waals surface area contributed by atoms with Gasteiger partial charge in [-0.2, -0.15) is 0 Å². The van der Waals surface area contributed by atoms with E-state index < -0.39 is 11.6 Å². The first-order valence-corrected chi connectivity index (χ1v) is 3.41. The topological polar surface area (TPSA) is 120 Å². The summed E-state index contributed by atoms with van der Waals surface area (Å²) in [6.45, 7) is 0. The smallest absolute Gasteiger partial charge is 0.263 e. The van der Waals surface area contributed by atoms with Crippen LogP contribution in [0.2, 0.25) is 0 Å². The number of nitrogens with zero attached hydrogens (tertiary/aromatic N) is 1. The van der Waals surface area contributed by atoms with Crippen LogP contribution in [0.4, 0.5) is 0 Å². The summed E-state index contributed by atoms with van der Waals surface area (Å²) in [7, 11) is 0. The maximum absolute atomic E-state index is 10.8. The Kier molecular flexibility index (Phi) is 1.95. The number of nitrogens with two attached hydrogens (primary N) is 3. The Bertz CT molecular complexity index is 286. The van der Waals surface area contributed by atoms with Crippen molar-refractivity contribution in [3.63, 3.8) is 0 Å². The summed E-state index contributed by atoms with van der Waals surface area (Å²) in [5.74, 6) is -0.751. The summed E-state index contributed by atoms with van der Waals surface area (Å²) < 4.78 is 0. The summed E-state index contributed by atoms with van der Waals surface area (Å²) in [5, 5.41) is 2.47. The number of rotatable bonds is 1. The fourth-order valence-electron chi connectivity index (χ4n) is 0.660. The van der Waals surface area contributed by atoms with E-state index in [-0.39, 0.29) is 11.0 Å². The lowest BCUT2D eigenvalue weighted by Gasteiger charge is -2.26. The van der Waals surface area contributed by atoms with Crippen LogP contribution in [0.5, 0.6) is 0 Å². The lowest BCUT2D eigenvalue weighted by atomic mass is 10.2. The van der Waals surface area contributed by atoms with Gasteiger partial charge in [0.1, 0.15) is 5.82 Å². The molecule has 12 heavy (non-hydrogen) atoms. The second kappa shape index (κ2) is 2.65. The third-order valence-electron chi connectivity index (χ3n) is 1.35. The van der Waals surface area contributed by atoms with E-state index >= 15 is 0 Å². The molecule has 0 spiro atoms. The number of carbonyl (C=O) groups is 1. The van der Waals surface area contributed by atoms with Gasteiger partial charge in [-0.25, -0.2) is 4.99 Å². The summed E-state index contributed by atoms with van der Waals surface area (Å²) >= 11 is 5.49. The Morgan fingerprint density at radius 2 is 2.33 bits per heavy atom. The van der Waals surface area contributed by atoms with Gasteiger partial charge in [-0.15, -0.1) is 0 Å². The van der Waals surface area contributed by atoms with Crippen LogP contribution < -0.4 is 22.5 Å². The van der Waals surface area contributed by atoms with Crippen LogP contribution in [-0.4, -0.2) is 17.8 Å². The first-order valence-electron chi connectivity index (χ1n) is 3.03. The molecule has 1 aliphatic rings. The van der Waals surface area contributed by atoms with Crippen LogP contribution in [0.1, 0.15) is 0 Å². The number of primary amides is 1. The summed E-state index contributed by atoms with van der Waals surface area (Å²) in [6.07, 6.45) is 1.11. The number of amides is 1. The van der Waals surface area contributed by atoms with Crippen molar-refractivity contribution in [2.45, 2.75) is 5.66 Å². The van der Waals surface area contributed by atoms with Gasteiger partial charge >= 0.3 is 0 Å². The summed E-state index contributed by atoms with van der Waals surface area (Å²) in [5.41, 5.74) is 14.2. The van der Waals surface area contributed by atoms with Gasteiger partial charge in [-0.1, -0.05) is 11.6 Å². The molecule has 66 valence electrons. The molecule has 1 atom stereocenters. The number of halogens is 1. The zero-order valence-corrected chi connectivity index (χ0v) is 6.80. The minimum atomic E-state index is -1.54. The second-order valence-corrected chi connectivity index (χ2v) is 2.68. The SMILES string of the molecule is NC(=O)C1(N)C=NC(Cl)=C(N)N1. The Morgan fingerprint density at radius 3 is 2.75 bits per heavy atom. The fourth-order valence-corrected chi connectivity index (χ4v) is 0.756. The van der Waals surface area contributed by atoms with Gasteiger partial charge in [-0.05, 0) is 0 Å². The molecule has 6 nitrogen and oxygen atoms in total. The molecule has 1 unspecified atom stereocenters. The van der Waals surface area contributed by atoms with Crippen molar-refractivity contribution < 1.29 is 4.79 Å². The molecule has 0 saturated heterocycles. The second-order valence-electron chi connectivity index (χ2n) is 2.32. The van der Waals surface area contributed by atoms with Crippen LogP contribution in [0.3, 0.4) is 0 Å². The molecule has 7 N–H and O–H groups in total. The standard InChI is InChI=1S/C5H8ClN5O/c6-2-3(7)11-5(9,1-10-2)4(8)12/h1,11H,7,9H2,(H2,8,12). The van der Waals surface area contributed by atoms with E-state index in [0.29, 0.717) is 0 Å². The third kappa shape index (κ3) is 1.34. The van der Waals surface area contributed by atoms with Crippen molar-refractivity contribution in [1.82, 2.24) is 5.32 Å². The number of aliphatic imine (C=N–C) groups is 1. The van der Waals surface area contributed by atoms with Crippen LogP contribution >= 0.6 is 11.6 Å². The molecule has 0 bridgehead atoms. The van der Waals surface area contributed by atoms with Gasteiger partial charge in [0.05, 0.1) is 6.21 Å². The maximum Gasteiger partial charge on any atom is 0.263 e. The average Bonchev–Trinajstić information content (AvgIpc) is 1.97. The largest absolute Gasteiger partial charge is 0.383 e. The lowest BCUT2D eigenvalue weighted by Crippen LogP contribution is -2.65. The molecule has 0 fully saturated rings. The van der Waals surface area contributed by atoms with Crippen molar-refractivity contribution >= 4 is 23.7 Å². The average molecular weight is 190 g/mol. The van der Waals surface area contributed by atoms with Gasteiger partial charge in [0.2, 0.25) is 5.66 Å². The van der Waals surface area contributed by atoms with E-state index in [0.717, 1.165) is 6.21 Å². The van der Waals surface area contributed by atoms with Gasteiger partial charge in [0.25, 0.3) is 5.91 Å². The first-order chi connectivity index (χ1) is 5.46. The molecule has 1 amide bonds. The van der Waals surface area contributed by atoms with Gasteiger partial charge in [0, 0.05) is 0 Å². The van der Waals surface area contributed by atoms with Crippen LogP contribution in [0.25, 0.3) is 0 Å². The number of hydrogen-bond donors (Lipinski definition) is 4. The fraction of sp³-hybridized carbons (Fsp3) is 0.200. The molecule has 0 aromatic rings. The molecule has 1 rings (SSSR count). The quantitative estimate of drug-likeness (QED) is 0.361. The van der Waals surface area contributed by atoms with E-state index in [2.05, 4.69) is 10.3 Å². The molecule has 0 saturated carbocycles. The van der Waals surface area contributed by atoms with Crippen molar-refractivity contribution in [3.8, 4) is 0 Å². The maximum atomic E-state index is 10.8. The predicted octanol–water partition coefficient (Wildman–Crippen LogP) is -1.88. The van der Waals surface area contributed by atoms with Crippen molar-refractivity contribution in [2.75, 3.05) is 0 Å². The van der Waals surface area contributed by atoms with Crippen molar-refractivity contribution in [1.29, 1.82) is 0 Å². The Morgan fingerprint density at radius 1 is 1.75 bits per heavy atom. The highest BCUT2D eigenvalue weighted by Crippen LogP contribution is 2.11. The normalized spacial score (nSPS) is 28.5.